The van der Waals surface area contributed by atoms with Gasteiger partial charge in [0.1, 0.15) is 5.82 Å². The Balaban J connectivity index is 1.95. The third kappa shape index (κ3) is 2.67. The Morgan fingerprint density at radius 2 is 1.68 bits per heavy atom. The van der Waals surface area contributed by atoms with Crippen LogP contribution in [0.2, 0.25) is 0 Å². The first kappa shape index (κ1) is 17.9. The fourth-order valence-corrected chi connectivity index (χ4v) is 3.68. The van der Waals surface area contributed by atoms with E-state index >= 15 is 0 Å². The van der Waals surface area contributed by atoms with Gasteiger partial charge < -0.3 is 5.73 Å². The summed E-state index contributed by atoms with van der Waals surface area (Å²) in [5.74, 6) is -0.353. The molecular formula is C23H20FN3O. The van der Waals surface area contributed by atoms with Crippen LogP contribution in [0, 0.1) is 12.7 Å². The molecule has 0 radical (unpaired) electrons. The number of carbonyl (C=O) groups is 1. The minimum atomic E-state index is -1.25. The van der Waals surface area contributed by atoms with Crippen LogP contribution in [0.3, 0.4) is 0 Å². The molecule has 0 saturated carbocycles. The number of aliphatic imine (C=N–C) groups is 1. The maximum absolute atomic E-state index is 13.8. The van der Waals surface area contributed by atoms with Gasteiger partial charge in [0.15, 0.2) is 11.5 Å². The summed E-state index contributed by atoms with van der Waals surface area (Å²) in [7, 11) is 1.62. The predicted molar refractivity (Wildman–Crippen MR) is 108 cm³/mol. The SMILES string of the molecule is Cc1ccc(F)cc1-c1cccc(C2(c3ccccc3)N=C(N)N(C)C2=O)c1. The molecule has 0 spiro atoms. The Morgan fingerprint density at radius 3 is 2.36 bits per heavy atom. The normalized spacial score (nSPS) is 19.0. The van der Waals surface area contributed by atoms with Crippen molar-refractivity contribution in [2.24, 2.45) is 10.7 Å². The summed E-state index contributed by atoms with van der Waals surface area (Å²) in [4.78, 5) is 19.2. The molecule has 0 bridgehead atoms. The number of nitrogens with zero attached hydrogens (tertiary/aromatic N) is 2. The number of halogens is 1. The molecule has 1 aliphatic rings. The lowest BCUT2D eigenvalue weighted by Crippen LogP contribution is -2.41. The van der Waals surface area contributed by atoms with Crippen molar-refractivity contribution in [3.63, 3.8) is 0 Å². The van der Waals surface area contributed by atoms with Gasteiger partial charge in [0.2, 0.25) is 0 Å². The van der Waals surface area contributed by atoms with E-state index in [9.17, 15) is 9.18 Å². The first-order valence-electron chi connectivity index (χ1n) is 8.99. The van der Waals surface area contributed by atoms with Gasteiger partial charge in [0.05, 0.1) is 0 Å². The van der Waals surface area contributed by atoms with Crippen LogP contribution in [-0.2, 0) is 10.3 Å². The second-order valence-corrected chi connectivity index (χ2v) is 6.95. The van der Waals surface area contributed by atoms with Crippen LogP contribution in [0.15, 0.2) is 77.8 Å². The van der Waals surface area contributed by atoms with Gasteiger partial charge in [-0.3, -0.25) is 9.69 Å². The first-order chi connectivity index (χ1) is 13.4. The molecule has 1 atom stereocenters. The molecule has 1 unspecified atom stereocenters. The lowest BCUT2D eigenvalue weighted by molar-refractivity contribution is -0.129. The van der Waals surface area contributed by atoms with Crippen molar-refractivity contribution in [2.75, 3.05) is 7.05 Å². The fraction of sp³-hybridized carbons (Fsp3) is 0.130. The smallest absolute Gasteiger partial charge is 0.266 e. The lowest BCUT2D eigenvalue weighted by atomic mass is 9.81. The second kappa shape index (κ2) is 6.60. The minimum absolute atomic E-state index is 0.168. The zero-order valence-electron chi connectivity index (χ0n) is 15.7. The molecule has 0 aliphatic carbocycles. The number of aryl methyl sites for hydroxylation is 1. The highest BCUT2D eigenvalue weighted by molar-refractivity contribution is 6.09. The molecule has 140 valence electrons. The fourth-order valence-electron chi connectivity index (χ4n) is 3.68. The van der Waals surface area contributed by atoms with Crippen LogP contribution in [0.5, 0.6) is 0 Å². The monoisotopic (exact) mass is 373 g/mol. The molecule has 1 amide bonds. The van der Waals surface area contributed by atoms with Gasteiger partial charge >= 0.3 is 0 Å². The molecule has 0 saturated heterocycles. The summed E-state index contributed by atoms with van der Waals surface area (Å²) in [6, 6.07) is 21.6. The summed E-state index contributed by atoms with van der Waals surface area (Å²) in [6.07, 6.45) is 0. The van der Waals surface area contributed by atoms with Crippen LogP contribution in [-0.4, -0.2) is 23.8 Å². The highest BCUT2D eigenvalue weighted by Crippen LogP contribution is 2.40. The molecule has 3 aromatic carbocycles. The molecule has 28 heavy (non-hydrogen) atoms. The van der Waals surface area contributed by atoms with E-state index in [4.69, 9.17) is 5.73 Å². The zero-order valence-corrected chi connectivity index (χ0v) is 15.7. The largest absolute Gasteiger partial charge is 0.369 e. The van der Waals surface area contributed by atoms with Crippen LogP contribution >= 0.6 is 0 Å². The van der Waals surface area contributed by atoms with Crippen molar-refractivity contribution < 1.29 is 9.18 Å². The van der Waals surface area contributed by atoms with E-state index in [0.29, 0.717) is 5.56 Å². The number of amides is 1. The molecule has 0 fully saturated rings. The van der Waals surface area contributed by atoms with Crippen molar-refractivity contribution in [1.29, 1.82) is 0 Å². The number of hydrogen-bond acceptors (Lipinski definition) is 3. The lowest BCUT2D eigenvalue weighted by Gasteiger charge is -2.26. The average molecular weight is 373 g/mol. The molecule has 3 aromatic rings. The Hall–Kier alpha value is -3.47. The standard InChI is InChI=1S/C23H20FN3O/c1-15-11-12-19(24)14-20(15)16-7-6-10-18(13-16)23(17-8-4-3-5-9-17)21(28)27(2)22(25)26-23/h3-14H,1-2H3,(H2,25,26). The molecule has 2 N–H and O–H groups in total. The van der Waals surface area contributed by atoms with Gasteiger partial charge in [-0.1, -0.05) is 54.6 Å². The molecule has 4 rings (SSSR count). The van der Waals surface area contributed by atoms with Crippen molar-refractivity contribution in [2.45, 2.75) is 12.5 Å². The van der Waals surface area contributed by atoms with Crippen molar-refractivity contribution in [1.82, 2.24) is 4.90 Å². The first-order valence-corrected chi connectivity index (χ1v) is 8.99. The van der Waals surface area contributed by atoms with Crippen LogP contribution in [0.4, 0.5) is 4.39 Å². The van der Waals surface area contributed by atoms with E-state index in [1.807, 2.05) is 61.5 Å². The van der Waals surface area contributed by atoms with Gasteiger partial charge in [-0.15, -0.1) is 0 Å². The molecular weight excluding hydrogens is 353 g/mol. The van der Waals surface area contributed by atoms with Gasteiger partial charge in [-0.05, 0) is 52.9 Å². The molecule has 1 aliphatic heterocycles. The van der Waals surface area contributed by atoms with E-state index in [1.165, 1.54) is 17.0 Å². The van der Waals surface area contributed by atoms with Gasteiger partial charge in [-0.25, -0.2) is 9.38 Å². The van der Waals surface area contributed by atoms with Crippen molar-refractivity contribution in [3.8, 4) is 11.1 Å². The summed E-state index contributed by atoms with van der Waals surface area (Å²) in [5, 5.41) is 0. The summed E-state index contributed by atoms with van der Waals surface area (Å²) < 4.78 is 13.8. The van der Waals surface area contributed by atoms with E-state index < -0.39 is 5.54 Å². The topological polar surface area (TPSA) is 58.7 Å². The van der Waals surface area contributed by atoms with Gasteiger partial charge in [0, 0.05) is 7.05 Å². The van der Waals surface area contributed by atoms with Gasteiger partial charge in [-0.2, -0.15) is 0 Å². The van der Waals surface area contributed by atoms with E-state index in [2.05, 4.69) is 4.99 Å². The third-order valence-electron chi connectivity index (χ3n) is 5.22. The van der Waals surface area contributed by atoms with E-state index in [1.54, 1.807) is 13.1 Å². The number of likely N-dealkylation sites (N-methyl/N-ethyl adjacent to an activating group) is 1. The van der Waals surface area contributed by atoms with Crippen molar-refractivity contribution >= 4 is 11.9 Å². The number of carbonyl (C=O) groups excluding carboxylic acids is 1. The van der Waals surface area contributed by atoms with Crippen LogP contribution < -0.4 is 5.73 Å². The number of rotatable bonds is 3. The second-order valence-electron chi connectivity index (χ2n) is 6.95. The minimum Gasteiger partial charge on any atom is -0.369 e. The molecule has 5 heteroatoms. The van der Waals surface area contributed by atoms with E-state index in [0.717, 1.165) is 22.3 Å². The Labute approximate surface area is 163 Å². The summed E-state index contributed by atoms with van der Waals surface area (Å²) >= 11 is 0. The maximum Gasteiger partial charge on any atom is 0.266 e. The number of nitrogens with two attached hydrogens (primary N) is 1. The van der Waals surface area contributed by atoms with Crippen LogP contribution in [0.25, 0.3) is 11.1 Å². The Bertz CT molecular complexity index is 1090. The number of hydrogen-bond donors (Lipinski definition) is 1. The summed E-state index contributed by atoms with van der Waals surface area (Å²) in [6.45, 7) is 1.93. The van der Waals surface area contributed by atoms with Crippen LogP contribution in [0.1, 0.15) is 16.7 Å². The quantitative estimate of drug-likeness (QED) is 0.758. The Kier molecular flexibility index (Phi) is 4.23. The molecule has 0 aromatic heterocycles. The number of benzene rings is 3. The molecule has 4 nitrogen and oxygen atoms in total. The third-order valence-corrected chi connectivity index (χ3v) is 5.22. The maximum atomic E-state index is 13.8. The molecule has 1 heterocycles. The summed E-state index contributed by atoms with van der Waals surface area (Å²) in [5.41, 5.74) is 8.74. The average Bonchev–Trinajstić information content (AvgIpc) is 2.95. The Morgan fingerprint density at radius 1 is 0.964 bits per heavy atom. The zero-order chi connectivity index (χ0) is 19.9. The highest BCUT2D eigenvalue weighted by Gasteiger charge is 2.49. The van der Waals surface area contributed by atoms with E-state index in [-0.39, 0.29) is 17.7 Å². The predicted octanol–water partition coefficient (Wildman–Crippen LogP) is 3.83. The van der Waals surface area contributed by atoms with Gasteiger partial charge in [0.25, 0.3) is 5.91 Å². The highest BCUT2D eigenvalue weighted by atomic mass is 19.1. The number of guanidine groups is 1. The van der Waals surface area contributed by atoms with Crippen molar-refractivity contribution in [3.05, 3.63) is 95.3 Å².